The van der Waals surface area contributed by atoms with Gasteiger partial charge in [-0.3, -0.25) is 4.79 Å². The third-order valence-electron chi connectivity index (χ3n) is 2.84. The van der Waals surface area contributed by atoms with Crippen LogP contribution >= 0.6 is 11.8 Å². The molecule has 1 unspecified atom stereocenters. The van der Waals surface area contributed by atoms with Crippen molar-refractivity contribution < 1.29 is 9.18 Å². The van der Waals surface area contributed by atoms with Gasteiger partial charge in [0.2, 0.25) is 5.91 Å². The number of amides is 1. The van der Waals surface area contributed by atoms with E-state index in [0.29, 0.717) is 18.2 Å². The molecule has 1 aliphatic heterocycles. The topological polar surface area (TPSA) is 20.3 Å². The van der Waals surface area contributed by atoms with Crippen molar-refractivity contribution in [2.45, 2.75) is 25.8 Å². The zero-order valence-corrected chi connectivity index (χ0v) is 10.8. The van der Waals surface area contributed by atoms with Gasteiger partial charge in [-0.25, -0.2) is 4.39 Å². The highest BCUT2D eigenvalue weighted by molar-refractivity contribution is 8.01. The van der Waals surface area contributed by atoms with Crippen LogP contribution in [0.1, 0.15) is 19.4 Å². The summed E-state index contributed by atoms with van der Waals surface area (Å²) in [5.41, 5.74) is 0.980. The fourth-order valence-corrected chi connectivity index (χ4v) is 3.22. The second-order valence-corrected chi connectivity index (χ2v) is 5.70. The fourth-order valence-electron chi connectivity index (χ4n) is 1.99. The molecular weight excluding hydrogens is 237 g/mol. The van der Waals surface area contributed by atoms with Gasteiger partial charge in [0.25, 0.3) is 0 Å². The molecule has 0 radical (unpaired) electrons. The molecule has 1 heterocycles. The number of rotatable bonds is 3. The van der Waals surface area contributed by atoms with Gasteiger partial charge in [0, 0.05) is 6.54 Å². The first-order valence-corrected chi connectivity index (χ1v) is 6.78. The fraction of sp³-hybridized carbons (Fsp3) is 0.462. The Morgan fingerprint density at radius 3 is 2.65 bits per heavy atom. The van der Waals surface area contributed by atoms with E-state index in [0.717, 1.165) is 5.56 Å². The molecule has 0 bridgehead atoms. The van der Waals surface area contributed by atoms with Gasteiger partial charge in [-0.1, -0.05) is 26.0 Å². The molecule has 1 aromatic carbocycles. The van der Waals surface area contributed by atoms with Crippen LogP contribution in [0.2, 0.25) is 0 Å². The molecule has 1 atom stereocenters. The van der Waals surface area contributed by atoms with E-state index in [4.69, 9.17) is 0 Å². The molecule has 1 saturated heterocycles. The summed E-state index contributed by atoms with van der Waals surface area (Å²) in [4.78, 5) is 13.7. The standard InChI is InChI=1S/C13H16FNOS/c1-9(2)13-15(12(16)8-17-13)7-10-3-5-11(14)6-4-10/h3-6,9,13H,7-8H2,1-2H3. The van der Waals surface area contributed by atoms with Gasteiger partial charge >= 0.3 is 0 Å². The lowest BCUT2D eigenvalue weighted by atomic mass is 10.1. The molecule has 0 N–H and O–H groups in total. The number of hydrogen-bond acceptors (Lipinski definition) is 2. The van der Waals surface area contributed by atoms with Crippen molar-refractivity contribution in [1.82, 2.24) is 4.90 Å². The zero-order valence-electron chi connectivity index (χ0n) is 10.0. The lowest BCUT2D eigenvalue weighted by Crippen LogP contribution is -2.35. The molecule has 92 valence electrons. The maximum atomic E-state index is 12.8. The van der Waals surface area contributed by atoms with E-state index >= 15 is 0 Å². The van der Waals surface area contributed by atoms with Gasteiger partial charge in [0.1, 0.15) is 5.82 Å². The van der Waals surface area contributed by atoms with Gasteiger partial charge < -0.3 is 4.90 Å². The Bertz CT molecular complexity index is 404. The number of thioether (sulfide) groups is 1. The molecular formula is C13H16FNOS. The monoisotopic (exact) mass is 253 g/mol. The molecule has 1 fully saturated rings. The van der Waals surface area contributed by atoms with Crippen LogP contribution in [0.15, 0.2) is 24.3 Å². The number of carbonyl (C=O) groups excluding carboxylic acids is 1. The van der Waals surface area contributed by atoms with Crippen LogP contribution in [0.4, 0.5) is 4.39 Å². The predicted molar refractivity (Wildman–Crippen MR) is 68.0 cm³/mol. The molecule has 1 amide bonds. The molecule has 2 nitrogen and oxygen atoms in total. The maximum Gasteiger partial charge on any atom is 0.233 e. The Balaban J connectivity index is 2.10. The number of benzene rings is 1. The highest BCUT2D eigenvalue weighted by atomic mass is 32.2. The summed E-state index contributed by atoms with van der Waals surface area (Å²) in [5.74, 6) is 0.936. The summed E-state index contributed by atoms with van der Waals surface area (Å²) in [5, 5.41) is 0.243. The highest BCUT2D eigenvalue weighted by Crippen LogP contribution is 2.31. The van der Waals surface area contributed by atoms with Crippen LogP contribution in [0, 0.1) is 11.7 Å². The zero-order chi connectivity index (χ0) is 12.4. The molecule has 0 spiro atoms. The van der Waals surface area contributed by atoms with E-state index in [1.165, 1.54) is 12.1 Å². The van der Waals surface area contributed by atoms with Crippen molar-refractivity contribution in [2.75, 3.05) is 5.75 Å². The second kappa shape index (κ2) is 5.08. The summed E-state index contributed by atoms with van der Waals surface area (Å²) >= 11 is 1.69. The predicted octanol–water partition coefficient (Wildman–Crippen LogP) is 2.88. The third kappa shape index (κ3) is 2.80. The average Bonchev–Trinajstić information content (AvgIpc) is 2.64. The van der Waals surface area contributed by atoms with Gasteiger partial charge in [-0.15, -0.1) is 11.8 Å². The molecule has 1 aliphatic rings. The number of carbonyl (C=O) groups is 1. The van der Waals surface area contributed by atoms with E-state index in [-0.39, 0.29) is 17.1 Å². The quantitative estimate of drug-likeness (QED) is 0.825. The van der Waals surface area contributed by atoms with Crippen LogP contribution in [-0.4, -0.2) is 21.9 Å². The van der Waals surface area contributed by atoms with Crippen molar-refractivity contribution in [1.29, 1.82) is 0 Å². The molecule has 0 saturated carbocycles. The van der Waals surface area contributed by atoms with Gasteiger partial charge in [0.15, 0.2) is 0 Å². The minimum atomic E-state index is -0.240. The van der Waals surface area contributed by atoms with Crippen molar-refractivity contribution in [2.24, 2.45) is 5.92 Å². The molecule has 0 aliphatic carbocycles. The molecule has 17 heavy (non-hydrogen) atoms. The van der Waals surface area contributed by atoms with Crippen LogP contribution in [-0.2, 0) is 11.3 Å². The van der Waals surface area contributed by atoms with Crippen LogP contribution < -0.4 is 0 Å². The Kier molecular flexibility index (Phi) is 3.72. The Labute approximate surface area is 105 Å². The van der Waals surface area contributed by atoms with Crippen molar-refractivity contribution in [3.63, 3.8) is 0 Å². The lowest BCUT2D eigenvalue weighted by molar-refractivity contribution is -0.129. The van der Waals surface area contributed by atoms with E-state index in [1.807, 2.05) is 4.90 Å². The number of nitrogens with zero attached hydrogens (tertiary/aromatic N) is 1. The number of hydrogen-bond donors (Lipinski definition) is 0. The first-order valence-electron chi connectivity index (χ1n) is 5.73. The minimum absolute atomic E-state index is 0.179. The first kappa shape index (κ1) is 12.4. The largest absolute Gasteiger partial charge is 0.325 e. The van der Waals surface area contributed by atoms with Crippen molar-refractivity contribution in [3.05, 3.63) is 35.6 Å². The Morgan fingerprint density at radius 2 is 2.06 bits per heavy atom. The van der Waals surface area contributed by atoms with E-state index < -0.39 is 0 Å². The summed E-state index contributed by atoms with van der Waals surface area (Å²) in [7, 11) is 0. The SMILES string of the molecule is CC(C)C1SCC(=O)N1Cc1ccc(F)cc1. The Morgan fingerprint density at radius 1 is 1.41 bits per heavy atom. The minimum Gasteiger partial charge on any atom is -0.325 e. The van der Waals surface area contributed by atoms with Gasteiger partial charge in [-0.2, -0.15) is 0 Å². The molecule has 0 aromatic heterocycles. The smallest absolute Gasteiger partial charge is 0.233 e. The summed E-state index contributed by atoms with van der Waals surface area (Å²) in [6, 6.07) is 6.35. The lowest BCUT2D eigenvalue weighted by Gasteiger charge is -2.26. The van der Waals surface area contributed by atoms with Crippen LogP contribution in [0.3, 0.4) is 0 Å². The van der Waals surface area contributed by atoms with E-state index in [9.17, 15) is 9.18 Å². The van der Waals surface area contributed by atoms with Gasteiger partial charge in [0.05, 0.1) is 11.1 Å². The maximum absolute atomic E-state index is 12.8. The van der Waals surface area contributed by atoms with Gasteiger partial charge in [-0.05, 0) is 23.6 Å². The first-order chi connectivity index (χ1) is 8.08. The molecule has 2 rings (SSSR count). The molecule has 1 aromatic rings. The Hall–Kier alpha value is -1.03. The van der Waals surface area contributed by atoms with E-state index in [1.54, 1.807) is 23.9 Å². The summed E-state index contributed by atoms with van der Waals surface area (Å²) in [6.45, 7) is 4.82. The molecule has 4 heteroatoms. The van der Waals surface area contributed by atoms with Crippen LogP contribution in [0.25, 0.3) is 0 Å². The summed E-state index contributed by atoms with van der Waals surface area (Å²) < 4.78 is 12.8. The summed E-state index contributed by atoms with van der Waals surface area (Å²) in [6.07, 6.45) is 0. The van der Waals surface area contributed by atoms with Crippen molar-refractivity contribution >= 4 is 17.7 Å². The average molecular weight is 253 g/mol. The highest BCUT2D eigenvalue weighted by Gasteiger charge is 2.33. The second-order valence-electron chi connectivity index (χ2n) is 4.59. The van der Waals surface area contributed by atoms with Crippen molar-refractivity contribution in [3.8, 4) is 0 Å². The van der Waals surface area contributed by atoms with E-state index in [2.05, 4.69) is 13.8 Å². The number of halogens is 1. The normalized spacial score (nSPS) is 20.4. The van der Waals surface area contributed by atoms with Crippen LogP contribution in [0.5, 0.6) is 0 Å². The third-order valence-corrected chi connectivity index (χ3v) is 4.40.